The van der Waals surface area contributed by atoms with Crippen LogP contribution in [-0.4, -0.2) is 43.0 Å². The quantitative estimate of drug-likeness (QED) is 0.613. The lowest BCUT2D eigenvalue weighted by Crippen LogP contribution is -2.52. The van der Waals surface area contributed by atoms with Gasteiger partial charge in [-0.3, -0.25) is 19.2 Å². The molecule has 1 rings (SSSR count). The number of carbonyl (C=O) groups excluding carboxylic acids is 4. The summed E-state index contributed by atoms with van der Waals surface area (Å²) in [4.78, 5) is 48.0. The van der Waals surface area contributed by atoms with Crippen LogP contribution in [0.2, 0.25) is 0 Å². The van der Waals surface area contributed by atoms with E-state index in [2.05, 4.69) is 5.32 Å². The number of nitrogens with two attached hydrogens (primary N) is 1. The standard InChI is InChI=1S/C17H21FN2O6/c1-3-25-13(21)9-12(17(24)26-4-2)14(15(19)22)20-16(23)10-5-7-11(18)8-6-10/h5-8,12,14H,3-4,9H2,1-2H3,(H2,19,22)(H,20,23)/t12-,14+/m0/s1. The zero-order valence-electron chi connectivity index (χ0n) is 14.5. The number of carbonyl (C=O) groups is 4. The molecule has 3 N–H and O–H groups in total. The molecule has 0 aliphatic rings. The van der Waals surface area contributed by atoms with Crippen molar-refractivity contribution in [2.45, 2.75) is 26.3 Å². The fourth-order valence-electron chi connectivity index (χ4n) is 2.18. The molecule has 142 valence electrons. The highest BCUT2D eigenvalue weighted by Gasteiger charge is 2.37. The molecule has 2 atom stereocenters. The first-order chi connectivity index (χ1) is 12.3. The minimum atomic E-state index is -1.50. The SMILES string of the molecule is CCOC(=O)C[C@H](C(=O)OCC)[C@@H](NC(=O)c1ccc(F)cc1)C(N)=O. The molecule has 0 fully saturated rings. The molecule has 0 spiro atoms. The van der Waals surface area contributed by atoms with Crippen LogP contribution in [0.5, 0.6) is 0 Å². The first-order valence-electron chi connectivity index (χ1n) is 7.98. The van der Waals surface area contributed by atoms with Crippen molar-refractivity contribution in [1.29, 1.82) is 0 Å². The summed E-state index contributed by atoms with van der Waals surface area (Å²) in [6, 6.07) is 3.03. The fourth-order valence-corrected chi connectivity index (χ4v) is 2.18. The zero-order chi connectivity index (χ0) is 19.7. The highest BCUT2D eigenvalue weighted by atomic mass is 19.1. The first kappa shape index (κ1) is 21.1. The maximum Gasteiger partial charge on any atom is 0.312 e. The summed E-state index contributed by atoms with van der Waals surface area (Å²) < 4.78 is 22.6. The molecular formula is C17H21FN2O6. The van der Waals surface area contributed by atoms with Crippen molar-refractivity contribution < 1.29 is 33.0 Å². The summed E-state index contributed by atoms with van der Waals surface area (Å²) in [6.45, 7) is 3.22. The van der Waals surface area contributed by atoms with Crippen LogP contribution in [0.1, 0.15) is 30.6 Å². The summed E-state index contributed by atoms with van der Waals surface area (Å²) in [5, 5.41) is 2.29. The lowest BCUT2D eigenvalue weighted by atomic mass is 9.95. The van der Waals surface area contributed by atoms with E-state index in [4.69, 9.17) is 15.2 Å². The Morgan fingerprint density at radius 1 is 1.08 bits per heavy atom. The summed E-state index contributed by atoms with van der Waals surface area (Å²) in [6.07, 6.45) is -0.496. The normalized spacial score (nSPS) is 12.6. The van der Waals surface area contributed by atoms with Crippen molar-refractivity contribution in [1.82, 2.24) is 5.32 Å². The van der Waals surface area contributed by atoms with Gasteiger partial charge in [0.05, 0.1) is 25.6 Å². The Hall–Kier alpha value is -2.97. The number of hydrogen-bond acceptors (Lipinski definition) is 6. The number of nitrogens with one attached hydrogen (secondary N) is 1. The largest absolute Gasteiger partial charge is 0.466 e. The van der Waals surface area contributed by atoms with E-state index in [9.17, 15) is 23.6 Å². The van der Waals surface area contributed by atoms with E-state index in [1.165, 1.54) is 12.1 Å². The van der Waals surface area contributed by atoms with Crippen molar-refractivity contribution >= 4 is 23.8 Å². The Morgan fingerprint density at radius 3 is 2.15 bits per heavy atom. The van der Waals surface area contributed by atoms with Crippen LogP contribution in [0, 0.1) is 11.7 Å². The maximum atomic E-state index is 13.0. The minimum Gasteiger partial charge on any atom is -0.466 e. The van der Waals surface area contributed by atoms with Gasteiger partial charge in [0, 0.05) is 5.56 Å². The number of amides is 2. The molecular weight excluding hydrogens is 347 g/mol. The molecule has 0 heterocycles. The van der Waals surface area contributed by atoms with E-state index in [1.807, 2.05) is 0 Å². The van der Waals surface area contributed by atoms with E-state index in [-0.39, 0.29) is 18.8 Å². The number of ether oxygens (including phenoxy) is 2. The van der Waals surface area contributed by atoms with E-state index < -0.39 is 48.0 Å². The van der Waals surface area contributed by atoms with E-state index >= 15 is 0 Å². The van der Waals surface area contributed by atoms with E-state index in [1.54, 1.807) is 13.8 Å². The van der Waals surface area contributed by atoms with Crippen molar-refractivity contribution in [2.24, 2.45) is 11.7 Å². The predicted molar refractivity (Wildman–Crippen MR) is 88.2 cm³/mol. The van der Waals surface area contributed by atoms with Crippen LogP contribution in [0.3, 0.4) is 0 Å². The first-order valence-corrected chi connectivity index (χ1v) is 7.98. The molecule has 1 aromatic carbocycles. The smallest absolute Gasteiger partial charge is 0.312 e. The summed E-state index contributed by atoms with van der Waals surface area (Å²) in [7, 11) is 0. The van der Waals surface area contributed by atoms with E-state index in [0.717, 1.165) is 12.1 Å². The van der Waals surface area contributed by atoms with Gasteiger partial charge in [0.1, 0.15) is 11.9 Å². The highest BCUT2D eigenvalue weighted by molar-refractivity contribution is 5.99. The second kappa shape index (κ2) is 10.1. The van der Waals surface area contributed by atoms with Gasteiger partial charge >= 0.3 is 11.9 Å². The van der Waals surface area contributed by atoms with Crippen molar-refractivity contribution in [2.75, 3.05) is 13.2 Å². The van der Waals surface area contributed by atoms with Gasteiger partial charge in [0.25, 0.3) is 5.91 Å². The molecule has 0 bridgehead atoms. The molecule has 0 saturated carbocycles. The molecule has 2 amide bonds. The average Bonchev–Trinajstić information content (AvgIpc) is 2.58. The van der Waals surface area contributed by atoms with Gasteiger partial charge in [0.2, 0.25) is 5.91 Å². The Morgan fingerprint density at radius 2 is 1.65 bits per heavy atom. The molecule has 1 aromatic rings. The predicted octanol–water partition coefficient (Wildman–Crippen LogP) is 0.542. The minimum absolute atomic E-state index is 0.00947. The second-order valence-corrected chi connectivity index (χ2v) is 5.23. The molecule has 0 aliphatic carbocycles. The molecule has 8 nitrogen and oxygen atoms in total. The van der Waals surface area contributed by atoms with Crippen LogP contribution in [0.4, 0.5) is 4.39 Å². The van der Waals surface area contributed by atoms with Crippen molar-refractivity contribution in [3.05, 3.63) is 35.6 Å². The van der Waals surface area contributed by atoms with Gasteiger partial charge in [-0.1, -0.05) is 0 Å². The fraction of sp³-hybridized carbons (Fsp3) is 0.412. The van der Waals surface area contributed by atoms with Gasteiger partial charge < -0.3 is 20.5 Å². The van der Waals surface area contributed by atoms with Crippen molar-refractivity contribution in [3.8, 4) is 0 Å². The van der Waals surface area contributed by atoms with Gasteiger partial charge in [-0.25, -0.2) is 4.39 Å². The molecule has 26 heavy (non-hydrogen) atoms. The van der Waals surface area contributed by atoms with Crippen LogP contribution in [0.15, 0.2) is 24.3 Å². The number of esters is 2. The third-order valence-corrected chi connectivity index (χ3v) is 3.38. The Kier molecular flexibility index (Phi) is 8.20. The Labute approximate surface area is 149 Å². The van der Waals surface area contributed by atoms with Gasteiger partial charge in [0.15, 0.2) is 0 Å². The monoisotopic (exact) mass is 368 g/mol. The van der Waals surface area contributed by atoms with Crippen LogP contribution >= 0.6 is 0 Å². The van der Waals surface area contributed by atoms with Crippen LogP contribution in [0.25, 0.3) is 0 Å². The number of hydrogen-bond donors (Lipinski definition) is 2. The highest BCUT2D eigenvalue weighted by Crippen LogP contribution is 2.15. The third-order valence-electron chi connectivity index (χ3n) is 3.38. The molecule has 0 unspecified atom stereocenters. The lowest BCUT2D eigenvalue weighted by Gasteiger charge is -2.23. The number of halogens is 1. The molecule has 0 radical (unpaired) electrons. The van der Waals surface area contributed by atoms with Crippen molar-refractivity contribution in [3.63, 3.8) is 0 Å². The molecule has 9 heteroatoms. The van der Waals surface area contributed by atoms with Crippen LogP contribution in [-0.2, 0) is 23.9 Å². The molecule has 0 saturated heterocycles. The molecule has 0 aromatic heterocycles. The number of rotatable bonds is 9. The number of benzene rings is 1. The summed E-state index contributed by atoms with van der Waals surface area (Å²) in [5.74, 6) is -5.29. The van der Waals surface area contributed by atoms with Crippen LogP contribution < -0.4 is 11.1 Å². The Bertz CT molecular complexity index is 662. The van der Waals surface area contributed by atoms with Gasteiger partial charge in [-0.2, -0.15) is 0 Å². The van der Waals surface area contributed by atoms with E-state index in [0.29, 0.717) is 0 Å². The molecule has 0 aliphatic heterocycles. The third kappa shape index (κ3) is 6.15. The average molecular weight is 368 g/mol. The van der Waals surface area contributed by atoms with Gasteiger partial charge in [-0.15, -0.1) is 0 Å². The van der Waals surface area contributed by atoms with Gasteiger partial charge in [-0.05, 0) is 38.1 Å². The number of primary amides is 1. The summed E-state index contributed by atoms with van der Waals surface area (Å²) in [5.41, 5.74) is 5.35. The lowest BCUT2D eigenvalue weighted by molar-refractivity contribution is -0.156. The topological polar surface area (TPSA) is 125 Å². The second-order valence-electron chi connectivity index (χ2n) is 5.23. The summed E-state index contributed by atoms with van der Waals surface area (Å²) >= 11 is 0. The Balaban J connectivity index is 3.03. The maximum absolute atomic E-state index is 13.0. The zero-order valence-corrected chi connectivity index (χ0v) is 14.5.